The number of nitrogens with zero attached hydrogens (tertiary/aromatic N) is 1. The molecule has 1 aromatic heterocycles. The van der Waals surface area contributed by atoms with Gasteiger partial charge in [0, 0.05) is 18.8 Å². The van der Waals surface area contributed by atoms with Crippen LogP contribution in [-0.4, -0.2) is 23.5 Å². The molecule has 0 radical (unpaired) electrons. The van der Waals surface area contributed by atoms with E-state index in [1.54, 1.807) is 13.3 Å². The second-order valence-electron chi connectivity index (χ2n) is 5.11. The summed E-state index contributed by atoms with van der Waals surface area (Å²) < 4.78 is 5.05. The molecule has 2 rings (SSSR count). The van der Waals surface area contributed by atoms with Crippen molar-refractivity contribution in [2.75, 3.05) is 7.11 Å². The van der Waals surface area contributed by atoms with Crippen molar-refractivity contribution in [3.63, 3.8) is 0 Å². The molecule has 1 heterocycles. The maximum absolute atomic E-state index is 12.2. The highest BCUT2D eigenvalue weighted by atomic mass is 16.5. The van der Waals surface area contributed by atoms with E-state index in [2.05, 4.69) is 10.3 Å². The average Bonchev–Trinajstić information content (AvgIpc) is 2.45. The lowest BCUT2D eigenvalue weighted by Crippen LogP contribution is -2.54. The molecule has 1 saturated carbocycles. The number of methoxy groups -OCH3 is 1. The van der Waals surface area contributed by atoms with Gasteiger partial charge in [-0.05, 0) is 24.5 Å². The number of carbonyl (C=O) groups is 1. The number of rotatable bonds is 4. The van der Waals surface area contributed by atoms with E-state index in [0.717, 1.165) is 31.2 Å². The van der Waals surface area contributed by atoms with Crippen LogP contribution in [0, 0.1) is 0 Å². The highest BCUT2D eigenvalue weighted by molar-refractivity contribution is 5.86. The molecule has 104 valence electrons. The van der Waals surface area contributed by atoms with Crippen molar-refractivity contribution in [3.8, 4) is 5.88 Å². The molecule has 0 aromatic carbocycles. The third-order valence-corrected chi connectivity index (χ3v) is 3.66. The fourth-order valence-electron chi connectivity index (χ4n) is 2.44. The van der Waals surface area contributed by atoms with Crippen molar-refractivity contribution in [1.82, 2.24) is 10.3 Å². The quantitative estimate of drug-likeness (QED) is 0.860. The molecule has 0 saturated heterocycles. The molecule has 1 amide bonds. The minimum atomic E-state index is -0.685. The van der Waals surface area contributed by atoms with Crippen LogP contribution in [0.3, 0.4) is 0 Å². The minimum Gasteiger partial charge on any atom is -0.481 e. The molecule has 5 nitrogen and oxygen atoms in total. The first-order chi connectivity index (χ1) is 9.14. The van der Waals surface area contributed by atoms with Gasteiger partial charge in [0.15, 0.2) is 0 Å². The van der Waals surface area contributed by atoms with Crippen LogP contribution in [0.2, 0.25) is 0 Å². The van der Waals surface area contributed by atoms with Crippen molar-refractivity contribution in [2.24, 2.45) is 5.73 Å². The Morgan fingerprint density at radius 1 is 1.47 bits per heavy atom. The summed E-state index contributed by atoms with van der Waals surface area (Å²) in [5.41, 5.74) is 6.45. The Hall–Kier alpha value is -1.62. The monoisotopic (exact) mass is 263 g/mol. The summed E-state index contributed by atoms with van der Waals surface area (Å²) in [6, 6.07) is 3.66. The Bertz CT molecular complexity index is 442. The number of carbonyl (C=O) groups excluding carboxylic acids is 1. The molecule has 0 unspecified atom stereocenters. The van der Waals surface area contributed by atoms with Gasteiger partial charge in [0.1, 0.15) is 0 Å². The molecular formula is C14H21N3O2. The smallest absolute Gasteiger partial charge is 0.240 e. The fraction of sp³-hybridized carbons (Fsp3) is 0.571. The van der Waals surface area contributed by atoms with Gasteiger partial charge < -0.3 is 15.8 Å². The normalized spacial score (nSPS) is 17.8. The topological polar surface area (TPSA) is 77.2 Å². The molecule has 5 heteroatoms. The molecule has 0 spiro atoms. The van der Waals surface area contributed by atoms with E-state index >= 15 is 0 Å². The van der Waals surface area contributed by atoms with Crippen LogP contribution >= 0.6 is 0 Å². The Labute approximate surface area is 113 Å². The maximum atomic E-state index is 12.2. The Morgan fingerprint density at radius 3 is 2.89 bits per heavy atom. The molecule has 1 aliphatic rings. The van der Waals surface area contributed by atoms with Gasteiger partial charge in [0.05, 0.1) is 12.6 Å². The van der Waals surface area contributed by atoms with Gasteiger partial charge >= 0.3 is 0 Å². The molecule has 1 aliphatic carbocycles. The lowest BCUT2D eigenvalue weighted by Gasteiger charge is -2.31. The van der Waals surface area contributed by atoms with Crippen molar-refractivity contribution >= 4 is 5.91 Å². The first-order valence-electron chi connectivity index (χ1n) is 6.70. The molecule has 0 aliphatic heterocycles. The van der Waals surface area contributed by atoms with Crippen LogP contribution in [0.1, 0.15) is 37.7 Å². The second-order valence-corrected chi connectivity index (χ2v) is 5.11. The summed E-state index contributed by atoms with van der Waals surface area (Å²) in [6.07, 6.45) is 6.46. The van der Waals surface area contributed by atoms with Crippen molar-refractivity contribution in [1.29, 1.82) is 0 Å². The average molecular weight is 263 g/mol. The number of pyridine rings is 1. The third kappa shape index (κ3) is 3.44. The molecular weight excluding hydrogens is 242 g/mol. The van der Waals surface area contributed by atoms with Crippen LogP contribution in [0.5, 0.6) is 5.88 Å². The van der Waals surface area contributed by atoms with Crippen molar-refractivity contribution in [3.05, 3.63) is 23.9 Å². The summed E-state index contributed by atoms with van der Waals surface area (Å²) >= 11 is 0. The van der Waals surface area contributed by atoms with E-state index < -0.39 is 5.54 Å². The summed E-state index contributed by atoms with van der Waals surface area (Å²) in [5, 5.41) is 2.91. The number of ether oxygens (including phenoxy) is 1. The predicted molar refractivity (Wildman–Crippen MR) is 72.6 cm³/mol. The Kier molecular flexibility index (Phi) is 4.37. The summed E-state index contributed by atoms with van der Waals surface area (Å²) in [5.74, 6) is 0.495. The lowest BCUT2D eigenvalue weighted by molar-refractivity contribution is -0.127. The fourth-order valence-corrected chi connectivity index (χ4v) is 2.44. The van der Waals surface area contributed by atoms with E-state index in [-0.39, 0.29) is 5.91 Å². The molecule has 0 bridgehead atoms. The standard InChI is InChI=1S/C14H21N3O2/c1-19-12-9-11(5-8-16-12)10-17-13(18)14(15)6-3-2-4-7-14/h5,8-9H,2-4,6-7,10,15H2,1H3,(H,17,18). The van der Waals surface area contributed by atoms with Gasteiger partial charge in [-0.15, -0.1) is 0 Å². The Morgan fingerprint density at radius 2 is 2.21 bits per heavy atom. The largest absolute Gasteiger partial charge is 0.481 e. The van der Waals surface area contributed by atoms with Crippen LogP contribution < -0.4 is 15.8 Å². The Balaban J connectivity index is 1.92. The van der Waals surface area contributed by atoms with E-state index in [1.165, 1.54) is 6.42 Å². The van der Waals surface area contributed by atoms with Gasteiger partial charge in [-0.25, -0.2) is 4.98 Å². The minimum absolute atomic E-state index is 0.0528. The molecule has 1 fully saturated rings. The molecule has 19 heavy (non-hydrogen) atoms. The number of amides is 1. The maximum Gasteiger partial charge on any atom is 0.240 e. The number of nitrogens with one attached hydrogen (secondary N) is 1. The molecule has 1 aromatic rings. The summed E-state index contributed by atoms with van der Waals surface area (Å²) in [7, 11) is 1.57. The summed E-state index contributed by atoms with van der Waals surface area (Å²) in [4.78, 5) is 16.2. The van der Waals surface area contributed by atoms with Gasteiger partial charge in [-0.3, -0.25) is 4.79 Å². The number of nitrogens with two attached hydrogens (primary N) is 1. The second kappa shape index (κ2) is 6.02. The SMILES string of the molecule is COc1cc(CNC(=O)C2(N)CCCCC2)ccn1. The number of aromatic nitrogens is 1. The van der Waals surface area contributed by atoms with Crippen molar-refractivity contribution in [2.45, 2.75) is 44.2 Å². The van der Waals surface area contributed by atoms with Crippen molar-refractivity contribution < 1.29 is 9.53 Å². The van der Waals surface area contributed by atoms with E-state index in [9.17, 15) is 4.79 Å². The van der Waals surface area contributed by atoms with Gasteiger partial charge in [0.25, 0.3) is 0 Å². The van der Waals surface area contributed by atoms with Gasteiger partial charge in [0.2, 0.25) is 11.8 Å². The number of hydrogen-bond acceptors (Lipinski definition) is 4. The van der Waals surface area contributed by atoms with Crippen LogP contribution in [-0.2, 0) is 11.3 Å². The first-order valence-corrected chi connectivity index (χ1v) is 6.70. The highest BCUT2D eigenvalue weighted by Crippen LogP contribution is 2.26. The lowest BCUT2D eigenvalue weighted by atomic mass is 9.82. The molecule has 3 N–H and O–H groups in total. The van der Waals surface area contributed by atoms with Gasteiger partial charge in [-0.2, -0.15) is 0 Å². The zero-order chi connectivity index (χ0) is 13.7. The molecule has 0 atom stereocenters. The van der Waals surface area contributed by atoms with Crippen LogP contribution in [0.15, 0.2) is 18.3 Å². The summed E-state index contributed by atoms with van der Waals surface area (Å²) in [6.45, 7) is 0.455. The van der Waals surface area contributed by atoms with Crippen LogP contribution in [0.25, 0.3) is 0 Å². The number of hydrogen-bond donors (Lipinski definition) is 2. The predicted octanol–water partition coefficient (Wildman–Crippen LogP) is 1.37. The van der Waals surface area contributed by atoms with E-state index in [1.807, 2.05) is 12.1 Å². The van der Waals surface area contributed by atoms with Crippen LogP contribution in [0.4, 0.5) is 0 Å². The van der Waals surface area contributed by atoms with Gasteiger partial charge in [-0.1, -0.05) is 19.3 Å². The van der Waals surface area contributed by atoms with E-state index in [0.29, 0.717) is 12.4 Å². The highest BCUT2D eigenvalue weighted by Gasteiger charge is 2.34. The third-order valence-electron chi connectivity index (χ3n) is 3.66. The van der Waals surface area contributed by atoms with E-state index in [4.69, 9.17) is 10.5 Å². The first kappa shape index (κ1) is 13.8. The zero-order valence-electron chi connectivity index (χ0n) is 11.3. The zero-order valence-corrected chi connectivity index (χ0v) is 11.3.